The molecular formula is C26H27N5O6S. The second-order valence-electron chi connectivity index (χ2n) is 9.53. The monoisotopic (exact) mass is 537 g/mol. The third-order valence-corrected chi connectivity index (χ3v) is 8.24. The quantitative estimate of drug-likeness (QED) is 0.181. The molecule has 3 aromatic rings. The van der Waals surface area contributed by atoms with Crippen LogP contribution in [-0.4, -0.2) is 54.1 Å². The maximum atomic E-state index is 13.3. The first-order chi connectivity index (χ1) is 18.2. The van der Waals surface area contributed by atoms with E-state index in [0.29, 0.717) is 23.4 Å². The minimum atomic E-state index is -0.835. The normalized spacial score (nSPS) is 21.4. The Labute approximate surface area is 222 Å². The van der Waals surface area contributed by atoms with Gasteiger partial charge in [0.15, 0.2) is 0 Å². The molecular weight excluding hydrogens is 510 g/mol. The molecule has 1 fully saturated rings. The Bertz CT molecular complexity index is 1450. The Kier molecular flexibility index (Phi) is 6.84. The number of rotatable bonds is 9. The van der Waals surface area contributed by atoms with Crippen molar-refractivity contribution in [3.05, 3.63) is 80.8 Å². The van der Waals surface area contributed by atoms with Crippen LogP contribution in [0.15, 0.2) is 59.4 Å². The van der Waals surface area contributed by atoms with E-state index in [-0.39, 0.29) is 35.9 Å². The first-order valence-corrected chi connectivity index (χ1v) is 13.2. The number of hydrogen-bond donors (Lipinski definition) is 2. The topological polar surface area (TPSA) is 153 Å². The number of anilines is 1. The van der Waals surface area contributed by atoms with Gasteiger partial charge in [-0.15, -0.1) is 11.8 Å². The van der Waals surface area contributed by atoms with Gasteiger partial charge in [0, 0.05) is 53.2 Å². The van der Waals surface area contributed by atoms with Crippen molar-refractivity contribution in [1.82, 2.24) is 14.3 Å². The Morgan fingerprint density at radius 2 is 2.00 bits per heavy atom. The summed E-state index contributed by atoms with van der Waals surface area (Å²) in [7, 11) is 0. The summed E-state index contributed by atoms with van der Waals surface area (Å²) >= 11 is 1.48. The highest BCUT2D eigenvalue weighted by molar-refractivity contribution is 8.03. The van der Waals surface area contributed by atoms with Gasteiger partial charge in [0.2, 0.25) is 5.91 Å². The molecule has 0 bridgehead atoms. The number of aromatic nitrogens is 2. The number of nitro benzene ring substituents is 1. The number of thioether (sulfide) groups is 1. The number of nitrogen functional groups attached to an aromatic ring is 1. The molecule has 2 aliphatic rings. The number of nitro groups is 1. The number of ether oxygens (including phenoxy) is 1. The molecule has 38 heavy (non-hydrogen) atoms. The highest BCUT2D eigenvalue weighted by Gasteiger charge is 2.60. The molecule has 3 N–H and O–H groups in total. The summed E-state index contributed by atoms with van der Waals surface area (Å²) in [4.78, 5) is 43.4. The zero-order valence-electron chi connectivity index (χ0n) is 20.8. The molecule has 198 valence electrons. The number of carbonyl (C=O) groups excluding carboxylic acids is 2. The van der Waals surface area contributed by atoms with Crippen LogP contribution in [0.2, 0.25) is 0 Å². The molecule has 0 radical (unpaired) electrons. The van der Waals surface area contributed by atoms with Gasteiger partial charge in [-0.2, -0.15) is 0 Å². The first-order valence-electron chi connectivity index (χ1n) is 12.2. The van der Waals surface area contributed by atoms with Crippen LogP contribution in [0.3, 0.4) is 0 Å². The molecule has 4 heterocycles. The number of aliphatic hydroxyl groups excluding tert-OH is 1. The van der Waals surface area contributed by atoms with E-state index < -0.39 is 22.9 Å². The van der Waals surface area contributed by atoms with Crippen molar-refractivity contribution < 1.29 is 24.4 Å². The van der Waals surface area contributed by atoms with Gasteiger partial charge in [-0.25, -0.2) is 9.78 Å². The number of esters is 1. The summed E-state index contributed by atoms with van der Waals surface area (Å²) in [5, 5.41) is 21.1. The standard InChI is InChI=1S/C26H27N5O6S/c1-14-22-21(15(2)32)25(33)30(22)23(26(34)37-13-16-3-6-19(7-4-16)31(35)36)24(14)38-10-9-18-12-29-11-17(27)5-8-20(29)28-18/h3-8,11-12,14-15,21-22,32H,9-10,13,27H2,1-2H3/t14-,15-,21-,22-/m1/s1. The maximum Gasteiger partial charge on any atom is 0.356 e. The molecule has 12 heteroatoms. The van der Waals surface area contributed by atoms with Crippen molar-refractivity contribution in [2.24, 2.45) is 11.8 Å². The van der Waals surface area contributed by atoms with Crippen LogP contribution in [0.1, 0.15) is 25.1 Å². The number of fused-ring (bicyclic) bond motifs is 2. The van der Waals surface area contributed by atoms with E-state index in [2.05, 4.69) is 4.98 Å². The Balaban J connectivity index is 1.33. The first kappa shape index (κ1) is 25.7. The van der Waals surface area contributed by atoms with Gasteiger partial charge in [0.1, 0.15) is 18.0 Å². The van der Waals surface area contributed by atoms with Gasteiger partial charge in [0.05, 0.1) is 28.7 Å². The molecule has 2 aliphatic heterocycles. The van der Waals surface area contributed by atoms with E-state index in [1.165, 1.54) is 40.9 Å². The van der Waals surface area contributed by atoms with Crippen molar-refractivity contribution in [2.75, 3.05) is 11.5 Å². The molecule has 2 aromatic heterocycles. The smallest absolute Gasteiger partial charge is 0.356 e. The fourth-order valence-electron chi connectivity index (χ4n) is 5.08. The number of nitrogens with zero attached hydrogens (tertiary/aromatic N) is 4. The minimum Gasteiger partial charge on any atom is -0.456 e. The van der Waals surface area contributed by atoms with Gasteiger partial charge in [-0.3, -0.25) is 14.9 Å². The number of carbonyl (C=O) groups is 2. The van der Waals surface area contributed by atoms with Crippen molar-refractivity contribution in [2.45, 2.75) is 39.0 Å². The highest BCUT2D eigenvalue weighted by atomic mass is 32.2. The average molecular weight is 538 g/mol. The minimum absolute atomic E-state index is 0.0571. The van der Waals surface area contributed by atoms with Crippen molar-refractivity contribution in [1.29, 1.82) is 0 Å². The summed E-state index contributed by atoms with van der Waals surface area (Å²) in [6.07, 6.45) is 3.51. The lowest BCUT2D eigenvalue weighted by molar-refractivity contribution is -0.384. The highest BCUT2D eigenvalue weighted by Crippen LogP contribution is 2.50. The van der Waals surface area contributed by atoms with Crippen LogP contribution >= 0.6 is 11.8 Å². The van der Waals surface area contributed by atoms with Gasteiger partial charge in [-0.05, 0) is 36.8 Å². The molecule has 5 rings (SSSR count). The molecule has 1 aromatic carbocycles. The zero-order valence-corrected chi connectivity index (χ0v) is 21.6. The molecule has 0 unspecified atom stereocenters. The summed E-state index contributed by atoms with van der Waals surface area (Å²) < 4.78 is 7.41. The third kappa shape index (κ3) is 4.61. The predicted molar refractivity (Wildman–Crippen MR) is 141 cm³/mol. The Hall–Kier alpha value is -3.90. The lowest BCUT2D eigenvalue weighted by Crippen LogP contribution is -2.63. The Morgan fingerprint density at radius 3 is 2.68 bits per heavy atom. The number of pyridine rings is 1. The fourth-order valence-corrected chi connectivity index (χ4v) is 6.34. The zero-order chi connectivity index (χ0) is 27.1. The Morgan fingerprint density at radius 1 is 1.26 bits per heavy atom. The van der Waals surface area contributed by atoms with E-state index in [4.69, 9.17) is 10.5 Å². The molecule has 4 atom stereocenters. The second kappa shape index (κ2) is 10.1. The van der Waals surface area contributed by atoms with Crippen LogP contribution in [-0.2, 0) is 27.4 Å². The van der Waals surface area contributed by atoms with E-state index in [0.717, 1.165) is 16.2 Å². The number of benzene rings is 1. The van der Waals surface area contributed by atoms with Crippen LogP contribution < -0.4 is 5.73 Å². The molecule has 0 spiro atoms. The number of aliphatic hydroxyl groups is 1. The van der Waals surface area contributed by atoms with Crippen LogP contribution in [0.5, 0.6) is 0 Å². The van der Waals surface area contributed by atoms with Crippen molar-refractivity contribution >= 4 is 40.7 Å². The number of non-ortho nitro benzene ring substituents is 1. The third-order valence-electron chi connectivity index (χ3n) is 6.96. The second-order valence-corrected chi connectivity index (χ2v) is 10.7. The van der Waals surface area contributed by atoms with Gasteiger partial charge in [-0.1, -0.05) is 6.92 Å². The maximum absolute atomic E-state index is 13.3. The number of amides is 1. The number of imidazole rings is 1. The molecule has 1 amide bonds. The predicted octanol–water partition coefficient (Wildman–Crippen LogP) is 2.91. The molecule has 0 aliphatic carbocycles. The van der Waals surface area contributed by atoms with Crippen LogP contribution in [0, 0.1) is 22.0 Å². The molecule has 11 nitrogen and oxygen atoms in total. The average Bonchev–Trinajstić information content (AvgIpc) is 3.38. The van der Waals surface area contributed by atoms with Gasteiger partial charge >= 0.3 is 5.97 Å². The SMILES string of the molecule is C[C@@H](O)[C@H]1C(=O)N2C(C(=O)OCc3ccc([N+](=O)[O-])cc3)=C(SCCc3cn4cc(N)ccc4n3)[C@H](C)[C@H]12. The van der Waals surface area contributed by atoms with E-state index >= 15 is 0 Å². The fraction of sp³-hybridized carbons (Fsp3) is 0.346. The number of nitrogens with two attached hydrogens (primary N) is 1. The molecule has 1 saturated heterocycles. The van der Waals surface area contributed by atoms with Crippen LogP contribution in [0.25, 0.3) is 5.65 Å². The number of hydrogen-bond acceptors (Lipinski definition) is 9. The van der Waals surface area contributed by atoms with Gasteiger partial charge in [0.25, 0.3) is 5.69 Å². The molecule has 0 saturated carbocycles. The van der Waals surface area contributed by atoms with Crippen LogP contribution in [0.4, 0.5) is 11.4 Å². The number of aryl methyl sites for hydroxylation is 1. The lowest BCUT2D eigenvalue weighted by atomic mass is 9.79. The summed E-state index contributed by atoms with van der Waals surface area (Å²) in [6, 6.07) is 9.06. The number of β-lactam (4-membered cyclic amide) rings is 1. The summed E-state index contributed by atoms with van der Waals surface area (Å²) in [5.74, 6) is -1.05. The largest absolute Gasteiger partial charge is 0.456 e. The lowest BCUT2D eigenvalue weighted by Gasteiger charge is -2.46. The van der Waals surface area contributed by atoms with E-state index in [1.807, 2.05) is 23.6 Å². The van der Waals surface area contributed by atoms with E-state index in [9.17, 15) is 24.8 Å². The summed E-state index contributed by atoms with van der Waals surface area (Å²) in [6.45, 7) is 3.44. The van der Waals surface area contributed by atoms with Crippen molar-refractivity contribution in [3.63, 3.8) is 0 Å². The van der Waals surface area contributed by atoms with Crippen molar-refractivity contribution in [3.8, 4) is 0 Å². The van der Waals surface area contributed by atoms with Gasteiger partial charge < -0.3 is 24.9 Å². The van der Waals surface area contributed by atoms with E-state index in [1.54, 1.807) is 19.2 Å². The summed E-state index contributed by atoms with van der Waals surface area (Å²) in [5.41, 5.74) is 8.89.